The van der Waals surface area contributed by atoms with Crippen LogP contribution in [0, 0.1) is 6.92 Å². The molecule has 6 heteroatoms. The maximum absolute atomic E-state index is 12.5. The van der Waals surface area contributed by atoms with Gasteiger partial charge in [0.25, 0.3) is 0 Å². The SMILES string of the molecule is Cc1onc(-c2ccccc2)c1C(=O)Oc1cccc(Cl)c1Cl. The van der Waals surface area contributed by atoms with Crippen molar-refractivity contribution in [2.24, 2.45) is 0 Å². The van der Waals surface area contributed by atoms with Crippen LogP contribution >= 0.6 is 23.2 Å². The standard InChI is InChI=1S/C17H11Cl2NO3/c1-10-14(16(20-23-10)11-6-3-2-4-7-11)17(21)22-13-9-5-8-12(18)15(13)19/h2-9H,1H3. The van der Waals surface area contributed by atoms with E-state index in [9.17, 15) is 4.79 Å². The first-order valence-corrected chi connectivity index (χ1v) is 7.51. The molecule has 0 saturated heterocycles. The topological polar surface area (TPSA) is 52.3 Å². The molecule has 0 unspecified atom stereocenters. The second-order valence-electron chi connectivity index (χ2n) is 4.77. The number of aryl methyl sites for hydroxylation is 1. The molecular weight excluding hydrogens is 337 g/mol. The maximum Gasteiger partial charge on any atom is 0.349 e. The number of carbonyl (C=O) groups excluding carboxylic acids is 1. The summed E-state index contributed by atoms with van der Waals surface area (Å²) in [5, 5.41) is 4.44. The van der Waals surface area contributed by atoms with Crippen molar-refractivity contribution in [3.63, 3.8) is 0 Å². The molecule has 116 valence electrons. The van der Waals surface area contributed by atoms with E-state index in [1.165, 1.54) is 0 Å². The predicted octanol–water partition coefficient (Wildman–Crippen LogP) is 5.18. The molecule has 3 rings (SSSR count). The Balaban J connectivity index is 1.97. The smallest absolute Gasteiger partial charge is 0.349 e. The van der Waals surface area contributed by atoms with Crippen LogP contribution < -0.4 is 4.74 Å². The van der Waals surface area contributed by atoms with Gasteiger partial charge in [-0.25, -0.2) is 4.79 Å². The van der Waals surface area contributed by atoms with Gasteiger partial charge >= 0.3 is 5.97 Å². The van der Waals surface area contributed by atoms with Crippen molar-refractivity contribution in [3.05, 3.63) is 69.9 Å². The van der Waals surface area contributed by atoms with Gasteiger partial charge in [0, 0.05) is 5.56 Å². The van der Waals surface area contributed by atoms with Crippen molar-refractivity contribution in [3.8, 4) is 17.0 Å². The lowest BCUT2D eigenvalue weighted by atomic mass is 10.1. The number of nitrogens with zero attached hydrogens (tertiary/aromatic N) is 1. The summed E-state index contributed by atoms with van der Waals surface area (Å²) >= 11 is 12.0. The largest absolute Gasteiger partial charge is 0.421 e. The second-order valence-corrected chi connectivity index (χ2v) is 5.56. The van der Waals surface area contributed by atoms with Crippen molar-refractivity contribution in [1.82, 2.24) is 5.16 Å². The van der Waals surface area contributed by atoms with Gasteiger partial charge in [0.2, 0.25) is 0 Å². The van der Waals surface area contributed by atoms with E-state index in [4.69, 9.17) is 32.5 Å². The third kappa shape index (κ3) is 3.09. The molecule has 0 fully saturated rings. The third-order valence-electron chi connectivity index (χ3n) is 3.23. The summed E-state index contributed by atoms with van der Waals surface area (Å²) in [7, 11) is 0. The number of rotatable bonds is 3. The van der Waals surface area contributed by atoms with Gasteiger partial charge in [0.15, 0.2) is 5.75 Å². The highest BCUT2D eigenvalue weighted by atomic mass is 35.5. The molecule has 0 spiro atoms. The van der Waals surface area contributed by atoms with Gasteiger partial charge < -0.3 is 9.26 Å². The summed E-state index contributed by atoms with van der Waals surface area (Å²) in [5.41, 5.74) is 1.44. The fraction of sp³-hybridized carbons (Fsp3) is 0.0588. The minimum Gasteiger partial charge on any atom is -0.421 e. The normalized spacial score (nSPS) is 10.6. The van der Waals surface area contributed by atoms with Crippen LogP contribution in [0.3, 0.4) is 0 Å². The molecule has 0 aliphatic carbocycles. The van der Waals surface area contributed by atoms with E-state index >= 15 is 0 Å². The van der Waals surface area contributed by atoms with E-state index in [0.29, 0.717) is 16.5 Å². The molecule has 0 radical (unpaired) electrons. The molecule has 0 saturated carbocycles. The Hall–Kier alpha value is -2.30. The van der Waals surface area contributed by atoms with Crippen LogP contribution in [-0.2, 0) is 0 Å². The van der Waals surface area contributed by atoms with Gasteiger partial charge in [0.05, 0.1) is 5.02 Å². The molecule has 0 N–H and O–H groups in total. The Morgan fingerprint density at radius 1 is 1.09 bits per heavy atom. The van der Waals surface area contributed by atoms with E-state index < -0.39 is 5.97 Å². The fourth-order valence-electron chi connectivity index (χ4n) is 2.12. The number of esters is 1. The zero-order chi connectivity index (χ0) is 16.4. The van der Waals surface area contributed by atoms with Crippen LogP contribution in [0.25, 0.3) is 11.3 Å². The van der Waals surface area contributed by atoms with E-state index in [-0.39, 0.29) is 16.3 Å². The Kier molecular flexibility index (Phi) is 4.37. The molecule has 0 atom stereocenters. The molecule has 1 aromatic heterocycles. The minimum atomic E-state index is -0.605. The Bertz CT molecular complexity index is 860. The minimum absolute atomic E-state index is 0.179. The van der Waals surface area contributed by atoms with E-state index in [0.717, 1.165) is 5.56 Å². The molecule has 3 aromatic rings. The van der Waals surface area contributed by atoms with Crippen molar-refractivity contribution in [2.45, 2.75) is 6.92 Å². The summed E-state index contributed by atoms with van der Waals surface area (Å²) in [5.74, 6) is -0.0532. The number of hydrogen-bond acceptors (Lipinski definition) is 4. The molecule has 1 heterocycles. The number of ether oxygens (including phenoxy) is 1. The highest BCUT2D eigenvalue weighted by molar-refractivity contribution is 6.43. The first-order chi connectivity index (χ1) is 11.1. The molecule has 0 amide bonds. The van der Waals surface area contributed by atoms with E-state index in [2.05, 4.69) is 5.16 Å². The van der Waals surface area contributed by atoms with Crippen molar-refractivity contribution < 1.29 is 14.1 Å². The number of halogens is 2. The molecule has 2 aromatic carbocycles. The van der Waals surface area contributed by atoms with Gasteiger partial charge in [-0.1, -0.05) is 64.8 Å². The third-order valence-corrected chi connectivity index (χ3v) is 4.03. The van der Waals surface area contributed by atoms with Gasteiger partial charge in [-0.15, -0.1) is 0 Å². The first-order valence-electron chi connectivity index (χ1n) is 6.76. The quantitative estimate of drug-likeness (QED) is 0.484. The van der Waals surface area contributed by atoms with Crippen LogP contribution in [0.4, 0.5) is 0 Å². The number of aromatic nitrogens is 1. The summed E-state index contributed by atoms with van der Waals surface area (Å²) in [6, 6.07) is 14.1. The predicted molar refractivity (Wildman–Crippen MR) is 88.1 cm³/mol. The summed E-state index contributed by atoms with van der Waals surface area (Å²) < 4.78 is 10.5. The van der Waals surface area contributed by atoms with Crippen LogP contribution in [0.1, 0.15) is 16.1 Å². The molecule has 4 nitrogen and oxygen atoms in total. The second kappa shape index (κ2) is 6.44. The Morgan fingerprint density at radius 2 is 1.83 bits per heavy atom. The highest BCUT2D eigenvalue weighted by Crippen LogP contribution is 2.33. The fourth-order valence-corrected chi connectivity index (χ4v) is 2.45. The lowest BCUT2D eigenvalue weighted by Crippen LogP contribution is -2.10. The average molecular weight is 348 g/mol. The van der Waals surface area contributed by atoms with Crippen molar-refractivity contribution in [1.29, 1.82) is 0 Å². The Morgan fingerprint density at radius 3 is 2.57 bits per heavy atom. The number of hydrogen-bond donors (Lipinski definition) is 0. The summed E-state index contributed by atoms with van der Waals surface area (Å²) in [6.07, 6.45) is 0. The summed E-state index contributed by atoms with van der Waals surface area (Å²) in [6.45, 7) is 1.65. The lowest BCUT2D eigenvalue weighted by molar-refractivity contribution is 0.0734. The highest BCUT2D eigenvalue weighted by Gasteiger charge is 2.24. The van der Waals surface area contributed by atoms with Crippen LogP contribution in [0.2, 0.25) is 10.0 Å². The maximum atomic E-state index is 12.5. The summed E-state index contributed by atoms with van der Waals surface area (Å²) in [4.78, 5) is 12.5. The zero-order valence-corrected chi connectivity index (χ0v) is 13.6. The lowest BCUT2D eigenvalue weighted by Gasteiger charge is -2.07. The van der Waals surface area contributed by atoms with Crippen molar-refractivity contribution in [2.75, 3.05) is 0 Å². The Labute approximate surface area is 142 Å². The van der Waals surface area contributed by atoms with Gasteiger partial charge in [0.1, 0.15) is 22.0 Å². The average Bonchev–Trinajstić information content (AvgIpc) is 2.94. The van der Waals surface area contributed by atoms with Crippen LogP contribution in [0.5, 0.6) is 5.75 Å². The van der Waals surface area contributed by atoms with Crippen LogP contribution in [-0.4, -0.2) is 11.1 Å². The van der Waals surface area contributed by atoms with Gasteiger partial charge in [-0.3, -0.25) is 0 Å². The number of benzene rings is 2. The molecule has 0 aliphatic heterocycles. The molecule has 0 aliphatic rings. The van der Waals surface area contributed by atoms with E-state index in [1.807, 2.05) is 30.3 Å². The molecule has 23 heavy (non-hydrogen) atoms. The molecule has 0 bridgehead atoms. The monoisotopic (exact) mass is 347 g/mol. The number of carbonyl (C=O) groups is 1. The zero-order valence-electron chi connectivity index (χ0n) is 12.0. The molecular formula is C17H11Cl2NO3. The van der Waals surface area contributed by atoms with Crippen molar-refractivity contribution >= 4 is 29.2 Å². The first kappa shape index (κ1) is 15.6. The van der Waals surface area contributed by atoms with Crippen LogP contribution in [0.15, 0.2) is 53.1 Å². The van der Waals surface area contributed by atoms with Gasteiger partial charge in [-0.2, -0.15) is 0 Å². The van der Waals surface area contributed by atoms with Gasteiger partial charge in [-0.05, 0) is 19.1 Å². The van der Waals surface area contributed by atoms with E-state index in [1.54, 1.807) is 25.1 Å².